The standard InChI is InChI=1S/C25H34N2O4/c1-5-31-22-12-11-19(17-23(22)29-4)21(27-13-15-30-16-14-27)18-26-24(28)25(2,3)20-9-7-6-8-10-20/h6-12,17,21H,5,13-16,18H2,1-4H3,(H,26,28). The van der Waals surface area contributed by atoms with Gasteiger partial charge in [0, 0.05) is 19.6 Å². The number of rotatable bonds is 9. The summed E-state index contributed by atoms with van der Waals surface area (Å²) in [6.07, 6.45) is 0. The Hall–Kier alpha value is -2.57. The van der Waals surface area contributed by atoms with Crippen LogP contribution in [0.5, 0.6) is 11.5 Å². The molecule has 1 aliphatic heterocycles. The first-order chi connectivity index (χ1) is 15.0. The maximum absolute atomic E-state index is 13.1. The predicted molar refractivity (Wildman–Crippen MR) is 122 cm³/mol. The molecule has 0 saturated carbocycles. The molecule has 6 heteroatoms. The summed E-state index contributed by atoms with van der Waals surface area (Å²) in [7, 11) is 1.65. The SMILES string of the molecule is CCOc1ccc(C(CNC(=O)C(C)(C)c2ccccc2)N2CCOCC2)cc1OC. The molecule has 31 heavy (non-hydrogen) atoms. The monoisotopic (exact) mass is 426 g/mol. The highest BCUT2D eigenvalue weighted by Crippen LogP contribution is 2.33. The molecule has 0 aromatic heterocycles. The third-order valence-electron chi connectivity index (χ3n) is 5.88. The highest BCUT2D eigenvalue weighted by atomic mass is 16.5. The molecule has 1 unspecified atom stereocenters. The largest absolute Gasteiger partial charge is 0.493 e. The van der Waals surface area contributed by atoms with Crippen molar-refractivity contribution in [3.05, 3.63) is 59.7 Å². The highest BCUT2D eigenvalue weighted by Gasteiger charge is 2.31. The van der Waals surface area contributed by atoms with Crippen molar-refractivity contribution in [2.24, 2.45) is 0 Å². The number of amides is 1. The Kier molecular flexibility index (Phi) is 7.93. The molecule has 168 valence electrons. The number of hydrogen-bond acceptors (Lipinski definition) is 5. The molecule has 0 aliphatic carbocycles. The lowest BCUT2D eigenvalue weighted by Crippen LogP contribution is -2.47. The molecule has 1 atom stereocenters. The summed E-state index contributed by atoms with van der Waals surface area (Å²) >= 11 is 0. The Morgan fingerprint density at radius 3 is 2.48 bits per heavy atom. The van der Waals surface area contributed by atoms with Crippen LogP contribution in [0.3, 0.4) is 0 Å². The Balaban J connectivity index is 1.81. The van der Waals surface area contributed by atoms with E-state index in [0.29, 0.717) is 32.1 Å². The van der Waals surface area contributed by atoms with Gasteiger partial charge in [-0.25, -0.2) is 0 Å². The minimum atomic E-state index is -0.618. The molecule has 1 N–H and O–H groups in total. The van der Waals surface area contributed by atoms with E-state index in [4.69, 9.17) is 14.2 Å². The van der Waals surface area contributed by atoms with Crippen LogP contribution in [0.15, 0.2) is 48.5 Å². The number of benzene rings is 2. The summed E-state index contributed by atoms with van der Waals surface area (Å²) in [6, 6.07) is 15.9. The van der Waals surface area contributed by atoms with Crippen LogP contribution in [0.4, 0.5) is 0 Å². The summed E-state index contributed by atoms with van der Waals surface area (Å²) in [5.74, 6) is 1.44. The summed E-state index contributed by atoms with van der Waals surface area (Å²) in [6.45, 7) is 9.97. The van der Waals surface area contributed by atoms with Gasteiger partial charge < -0.3 is 19.5 Å². The van der Waals surface area contributed by atoms with Crippen molar-refractivity contribution >= 4 is 5.91 Å². The third-order valence-corrected chi connectivity index (χ3v) is 5.88. The quantitative estimate of drug-likeness (QED) is 0.664. The number of ether oxygens (including phenoxy) is 3. The van der Waals surface area contributed by atoms with Crippen molar-refractivity contribution in [1.82, 2.24) is 10.2 Å². The van der Waals surface area contributed by atoms with Crippen molar-refractivity contribution in [2.75, 3.05) is 46.6 Å². The van der Waals surface area contributed by atoms with E-state index in [9.17, 15) is 4.79 Å². The normalized spacial score (nSPS) is 15.9. The van der Waals surface area contributed by atoms with Gasteiger partial charge in [0.15, 0.2) is 11.5 Å². The van der Waals surface area contributed by atoms with Crippen LogP contribution < -0.4 is 14.8 Å². The van der Waals surface area contributed by atoms with E-state index < -0.39 is 5.41 Å². The maximum Gasteiger partial charge on any atom is 0.230 e. The second kappa shape index (κ2) is 10.6. The fourth-order valence-corrected chi connectivity index (χ4v) is 3.91. The van der Waals surface area contributed by atoms with Gasteiger partial charge in [-0.15, -0.1) is 0 Å². The van der Waals surface area contributed by atoms with Gasteiger partial charge in [0.25, 0.3) is 0 Å². The molecule has 1 aliphatic rings. The first-order valence-corrected chi connectivity index (χ1v) is 10.9. The van der Waals surface area contributed by atoms with E-state index in [-0.39, 0.29) is 11.9 Å². The topological polar surface area (TPSA) is 60.0 Å². The summed E-state index contributed by atoms with van der Waals surface area (Å²) in [4.78, 5) is 15.5. The lowest BCUT2D eigenvalue weighted by molar-refractivity contribution is -0.126. The van der Waals surface area contributed by atoms with E-state index >= 15 is 0 Å². The molecular weight excluding hydrogens is 392 g/mol. The number of methoxy groups -OCH3 is 1. The molecule has 2 aromatic rings. The number of carbonyl (C=O) groups excluding carboxylic acids is 1. The Labute approximate surface area is 185 Å². The number of morpholine rings is 1. The first-order valence-electron chi connectivity index (χ1n) is 10.9. The number of hydrogen-bond donors (Lipinski definition) is 1. The van der Waals surface area contributed by atoms with E-state index in [1.807, 2.05) is 63.2 Å². The molecule has 0 bridgehead atoms. The van der Waals surface area contributed by atoms with Crippen molar-refractivity contribution in [3.8, 4) is 11.5 Å². The summed E-state index contributed by atoms with van der Waals surface area (Å²) in [5, 5.41) is 3.20. The van der Waals surface area contributed by atoms with Crippen molar-refractivity contribution in [2.45, 2.75) is 32.2 Å². The fourth-order valence-electron chi connectivity index (χ4n) is 3.91. The average molecular weight is 427 g/mol. The number of carbonyl (C=O) groups is 1. The average Bonchev–Trinajstić information content (AvgIpc) is 2.81. The molecular formula is C25H34N2O4. The number of nitrogens with zero attached hydrogens (tertiary/aromatic N) is 1. The van der Waals surface area contributed by atoms with Gasteiger partial charge in [0.05, 0.1) is 38.4 Å². The molecule has 1 heterocycles. The molecule has 2 aromatic carbocycles. The van der Waals surface area contributed by atoms with Crippen LogP contribution >= 0.6 is 0 Å². The van der Waals surface area contributed by atoms with Crippen molar-refractivity contribution < 1.29 is 19.0 Å². The Morgan fingerprint density at radius 1 is 1.13 bits per heavy atom. The Bertz CT molecular complexity index is 848. The van der Waals surface area contributed by atoms with Gasteiger partial charge >= 0.3 is 0 Å². The van der Waals surface area contributed by atoms with Gasteiger partial charge in [-0.1, -0.05) is 36.4 Å². The van der Waals surface area contributed by atoms with E-state index in [0.717, 1.165) is 30.0 Å². The van der Waals surface area contributed by atoms with E-state index in [1.165, 1.54) is 0 Å². The zero-order valence-electron chi connectivity index (χ0n) is 19.0. The molecule has 6 nitrogen and oxygen atoms in total. The van der Waals surface area contributed by atoms with Gasteiger partial charge in [0.2, 0.25) is 5.91 Å². The highest BCUT2D eigenvalue weighted by molar-refractivity contribution is 5.87. The van der Waals surface area contributed by atoms with Crippen LogP contribution in [-0.4, -0.2) is 57.4 Å². The Morgan fingerprint density at radius 2 is 1.84 bits per heavy atom. The lowest BCUT2D eigenvalue weighted by atomic mass is 9.83. The van der Waals surface area contributed by atoms with Gasteiger partial charge in [-0.05, 0) is 44.0 Å². The summed E-state index contributed by atoms with van der Waals surface area (Å²) in [5.41, 5.74) is 1.46. The molecule has 1 amide bonds. The second-order valence-corrected chi connectivity index (χ2v) is 8.21. The zero-order chi connectivity index (χ0) is 22.3. The smallest absolute Gasteiger partial charge is 0.230 e. The van der Waals surface area contributed by atoms with Gasteiger partial charge in [0.1, 0.15) is 0 Å². The summed E-state index contributed by atoms with van der Waals surface area (Å²) < 4.78 is 16.8. The minimum Gasteiger partial charge on any atom is -0.493 e. The van der Waals surface area contributed by atoms with Crippen LogP contribution in [0.1, 0.15) is 37.9 Å². The molecule has 0 radical (unpaired) electrons. The van der Waals surface area contributed by atoms with Gasteiger partial charge in [-0.3, -0.25) is 9.69 Å². The lowest BCUT2D eigenvalue weighted by Gasteiger charge is -2.36. The van der Waals surface area contributed by atoms with E-state index in [2.05, 4.69) is 16.3 Å². The molecule has 1 fully saturated rings. The van der Waals surface area contributed by atoms with Crippen molar-refractivity contribution in [1.29, 1.82) is 0 Å². The molecule has 3 rings (SSSR count). The van der Waals surface area contributed by atoms with Gasteiger partial charge in [-0.2, -0.15) is 0 Å². The minimum absolute atomic E-state index is 0.00913. The second-order valence-electron chi connectivity index (χ2n) is 8.21. The molecule has 1 saturated heterocycles. The third kappa shape index (κ3) is 5.57. The van der Waals surface area contributed by atoms with Crippen LogP contribution in [0.2, 0.25) is 0 Å². The van der Waals surface area contributed by atoms with E-state index in [1.54, 1.807) is 7.11 Å². The number of nitrogens with one attached hydrogen (secondary N) is 1. The van der Waals surface area contributed by atoms with Crippen LogP contribution in [-0.2, 0) is 14.9 Å². The first kappa shape index (κ1) is 23.1. The predicted octanol–water partition coefficient (Wildman–Crippen LogP) is 3.56. The fraction of sp³-hybridized carbons (Fsp3) is 0.480. The van der Waals surface area contributed by atoms with Crippen LogP contribution in [0.25, 0.3) is 0 Å². The zero-order valence-corrected chi connectivity index (χ0v) is 19.0. The molecule has 0 spiro atoms. The van der Waals surface area contributed by atoms with Crippen LogP contribution in [0, 0.1) is 0 Å². The van der Waals surface area contributed by atoms with Crippen molar-refractivity contribution in [3.63, 3.8) is 0 Å². The maximum atomic E-state index is 13.1.